The first-order chi connectivity index (χ1) is 8.88. The van der Waals surface area contributed by atoms with E-state index in [1.165, 1.54) is 12.8 Å². The molecule has 1 fully saturated rings. The topological polar surface area (TPSA) is 34.9 Å². The van der Waals surface area contributed by atoms with E-state index in [1.807, 2.05) is 29.7 Å². The molecule has 0 spiro atoms. The minimum atomic E-state index is -0.233. The molecular formula is C12H14B3BrN2O. The van der Waals surface area contributed by atoms with Gasteiger partial charge in [-0.1, -0.05) is 0 Å². The standard InChI is InChI=1S/C12H14B3BrN2O/c13-12(14,15)18-5-9(16)7-3-10(6-1-2-6)17-4-8(7)11(18)19/h3-6H,1-2,13-15H2. The Bertz CT molecular complexity index is 719. The van der Waals surface area contributed by atoms with E-state index in [1.54, 1.807) is 10.8 Å². The summed E-state index contributed by atoms with van der Waals surface area (Å²) in [5.41, 5.74) is 1.14. The third-order valence-corrected chi connectivity index (χ3v) is 4.22. The predicted octanol–water partition coefficient (Wildman–Crippen LogP) is -0.497. The van der Waals surface area contributed by atoms with E-state index in [2.05, 4.69) is 27.0 Å². The molecule has 94 valence electrons. The maximum Gasteiger partial charge on any atom is 0.258 e. The van der Waals surface area contributed by atoms with E-state index in [-0.39, 0.29) is 10.8 Å². The minimum absolute atomic E-state index is 0.0283. The highest BCUT2D eigenvalue weighted by Gasteiger charge is 2.26. The van der Waals surface area contributed by atoms with Crippen LogP contribution in [0.15, 0.2) is 27.7 Å². The zero-order valence-electron chi connectivity index (χ0n) is 11.4. The van der Waals surface area contributed by atoms with Gasteiger partial charge in [0.1, 0.15) is 23.5 Å². The molecular weight excluding hydrogens is 300 g/mol. The molecule has 3 nitrogen and oxygen atoms in total. The van der Waals surface area contributed by atoms with Crippen LogP contribution in [-0.4, -0.2) is 33.1 Å². The summed E-state index contributed by atoms with van der Waals surface area (Å²) in [5.74, 6) is 0.598. The molecule has 1 aliphatic carbocycles. The van der Waals surface area contributed by atoms with E-state index < -0.39 is 0 Å². The number of hydrogen-bond donors (Lipinski definition) is 0. The quantitative estimate of drug-likeness (QED) is 0.701. The molecule has 0 unspecified atom stereocenters. The van der Waals surface area contributed by atoms with Gasteiger partial charge in [-0.15, -0.1) is 0 Å². The van der Waals surface area contributed by atoms with Gasteiger partial charge in [-0.25, -0.2) is 0 Å². The number of halogens is 1. The minimum Gasteiger partial charge on any atom is -0.332 e. The molecule has 2 aromatic heterocycles. The molecule has 0 N–H and O–H groups in total. The van der Waals surface area contributed by atoms with Crippen molar-refractivity contribution >= 4 is 50.2 Å². The summed E-state index contributed by atoms with van der Waals surface area (Å²) in [4.78, 5) is 17.0. The molecule has 2 aromatic rings. The highest BCUT2D eigenvalue weighted by molar-refractivity contribution is 9.10. The van der Waals surface area contributed by atoms with Crippen molar-refractivity contribution in [1.82, 2.24) is 9.55 Å². The zero-order valence-corrected chi connectivity index (χ0v) is 13.0. The molecule has 2 heterocycles. The van der Waals surface area contributed by atoms with Gasteiger partial charge in [-0.2, -0.15) is 0 Å². The summed E-state index contributed by atoms with van der Waals surface area (Å²) in [6.45, 7) is 0. The monoisotopic (exact) mass is 314 g/mol. The van der Waals surface area contributed by atoms with Gasteiger partial charge < -0.3 is 4.57 Å². The number of hydrogen-bond acceptors (Lipinski definition) is 2. The van der Waals surface area contributed by atoms with Crippen molar-refractivity contribution in [1.29, 1.82) is 0 Å². The highest BCUT2D eigenvalue weighted by Crippen LogP contribution is 2.40. The fourth-order valence-electron chi connectivity index (χ4n) is 2.31. The van der Waals surface area contributed by atoms with Crippen LogP contribution in [0.5, 0.6) is 0 Å². The number of fused-ring (bicyclic) bond motifs is 1. The van der Waals surface area contributed by atoms with Gasteiger partial charge in [0.25, 0.3) is 5.56 Å². The normalized spacial score (nSPS) is 15.8. The lowest BCUT2D eigenvalue weighted by Gasteiger charge is -2.23. The Morgan fingerprint density at radius 1 is 1.32 bits per heavy atom. The SMILES string of the molecule is BC(B)(B)n1cc(Br)c2cc(C3CC3)ncc2c1=O. The van der Waals surface area contributed by atoms with Crippen LogP contribution in [0.2, 0.25) is 0 Å². The van der Waals surface area contributed by atoms with Crippen LogP contribution in [0, 0.1) is 0 Å². The third kappa shape index (κ3) is 2.29. The third-order valence-electron chi connectivity index (χ3n) is 3.59. The fraction of sp³-hybridized carbons (Fsp3) is 0.333. The largest absolute Gasteiger partial charge is 0.332 e. The molecule has 0 radical (unpaired) electrons. The summed E-state index contributed by atoms with van der Waals surface area (Å²) in [7, 11) is 6.08. The molecule has 0 aromatic carbocycles. The molecule has 3 rings (SSSR count). The lowest BCUT2D eigenvalue weighted by atomic mass is 9.49. The van der Waals surface area contributed by atoms with Crippen molar-refractivity contribution in [2.24, 2.45) is 0 Å². The number of rotatable bonds is 2. The molecule has 0 atom stereocenters. The fourth-order valence-corrected chi connectivity index (χ4v) is 2.84. The van der Waals surface area contributed by atoms with Crippen LogP contribution in [0.25, 0.3) is 10.8 Å². The number of nitrogens with zero attached hydrogens (tertiary/aromatic N) is 2. The van der Waals surface area contributed by atoms with Crippen LogP contribution in [0.1, 0.15) is 24.5 Å². The summed E-state index contributed by atoms with van der Waals surface area (Å²) >= 11 is 3.59. The molecule has 7 heteroatoms. The van der Waals surface area contributed by atoms with E-state index in [9.17, 15) is 4.79 Å². The second kappa shape index (κ2) is 4.27. The molecule has 0 amide bonds. The molecule has 0 bridgehead atoms. The van der Waals surface area contributed by atoms with Crippen LogP contribution < -0.4 is 5.56 Å². The van der Waals surface area contributed by atoms with Crippen molar-refractivity contribution in [3.8, 4) is 0 Å². The Hall–Kier alpha value is -0.965. The molecule has 1 aliphatic rings. The number of pyridine rings is 2. The smallest absolute Gasteiger partial charge is 0.258 e. The van der Waals surface area contributed by atoms with Gasteiger partial charge in [0.05, 0.1) is 5.39 Å². The summed E-state index contributed by atoms with van der Waals surface area (Å²) in [6.07, 6.45) is 6.06. The predicted molar refractivity (Wildman–Crippen MR) is 89.3 cm³/mol. The summed E-state index contributed by atoms with van der Waals surface area (Å²) < 4.78 is 2.72. The average molecular weight is 315 g/mol. The molecule has 19 heavy (non-hydrogen) atoms. The average Bonchev–Trinajstić information content (AvgIpc) is 3.16. The maximum absolute atomic E-state index is 12.5. The summed E-state index contributed by atoms with van der Waals surface area (Å²) in [6, 6.07) is 2.06. The maximum atomic E-state index is 12.5. The van der Waals surface area contributed by atoms with Crippen molar-refractivity contribution in [3.63, 3.8) is 0 Å². The second-order valence-corrected chi connectivity index (χ2v) is 7.11. The first-order valence-corrected chi connectivity index (χ1v) is 7.38. The lowest BCUT2D eigenvalue weighted by Crippen LogP contribution is -2.42. The van der Waals surface area contributed by atoms with Gasteiger partial charge in [-0.05, 0) is 40.1 Å². The van der Waals surface area contributed by atoms with Crippen LogP contribution in [0.3, 0.4) is 0 Å². The van der Waals surface area contributed by atoms with Crippen LogP contribution >= 0.6 is 15.9 Å². The van der Waals surface area contributed by atoms with Gasteiger partial charge in [0, 0.05) is 33.9 Å². The van der Waals surface area contributed by atoms with E-state index in [0.717, 1.165) is 15.6 Å². The first kappa shape index (κ1) is 13.0. The lowest BCUT2D eigenvalue weighted by molar-refractivity contribution is 0.749. The van der Waals surface area contributed by atoms with E-state index >= 15 is 0 Å². The number of aromatic nitrogens is 2. The Balaban J connectivity index is 2.29. The van der Waals surface area contributed by atoms with Crippen LogP contribution in [-0.2, 0) is 5.24 Å². The van der Waals surface area contributed by atoms with Crippen molar-refractivity contribution in [2.75, 3.05) is 0 Å². The van der Waals surface area contributed by atoms with Crippen molar-refractivity contribution in [2.45, 2.75) is 24.0 Å². The van der Waals surface area contributed by atoms with Crippen molar-refractivity contribution in [3.05, 3.63) is 39.0 Å². The van der Waals surface area contributed by atoms with Gasteiger partial charge in [0.2, 0.25) is 0 Å². The van der Waals surface area contributed by atoms with Crippen LogP contribution in [0.4, 0.5) is 0 Å². The van der Waals surface area contributed by atoms with Gasteiger partial charge >= 0.3 is 0 Å². The second-order valence-electron chi connectivity index (χ2n) is 6.25. The Kier molecular flexibility index (Phi) is 2.93. The first-order valence-electron chi connectivity index (χ1n) is 6.59. The Labute approximate surface area is 123 Å². The molecule has 0 aliphatic heterocycles. The van der Waals surface area contributed by atoms with Gasteiger partial charge in [0.15, 0.2) is 0 Å². The van der Waals surface area contributed by atoms with E-state index in [4.69, 9.17) is 0 Å². The molecule has 1 saturated carbocycles. The summed E-state index contributed by atoms with van der Waals surface area (Å²) in [5, 5.41) is 1.43. The van der Waals surface area contributed by atoms with Crippen molar-refractivity contribution < 1.29 is 0 Å². The zero-order chi connectivity index (χ0) is 13.8. The van der Waals surface area contributed by atoms with E-state index in [0.29, 0.717) is 11.3 Å². The Morgan fingerprint density at radius 3 is 2.58 bits per heavy atom. The molecule has 0 saturated heterocycles. The highest BCUT2D eigenvalue weighted by atomic mass is 79.9. The van der Waals surface area contributed by atoms with Gasteiger partial charge in [-0.3, -0.25) is 9.78 Å². The Morgan fingerprint density at radius 2 is 2.00 bits per heavy atom.